The van der Waals surface area contributed by atoms with Crippen LogP contribution in [0.5, 0.6) is 0 Å². The second-order valence-corrected chi connectivity index (χ2v) is 11.5. The summed E-state index contributed by atoms with van der Waals surface area (Å²) in [5.41, 5.74) is 7.38. The van der Waals surface area contributed by atoms with Gasteiger partial charge in [-0.2, -0.15) is 5.26 Å². The maximum absolute atomic E-state index is 15.0. The van der Waals surface area contributed by atoms with Gasteiger partial charge in [0.25, 0.3) is 0 Å². The van der Waals surface area contributed by atoms with E-state index in [1.54, 1.807) is 16.5 Å². The van der Waals surface area contributed by atoms with Crippen LogP contribution >= 0.6 is 46.0 Å². The number of carbonyl (C=O) groups excluding carboxylic acids is 2. The van der Waals surface area contributed by atoms with Crippen LogP contribution in [-0.2, 0) is 9.59 Å². The normalized spacial score (nSPS) is 17.6. The van der Waals surface area contributed by atoms with Gasteiger partial charge < -0.3 is 11.1 Å². The number of thioether (sulfide) groups is 1. The Morgan fingerprint density at radius 3 is 2.95 bits per heavy atom. The lowest BCUT2D eigenvalue weighted by atomic mass is 9.75. The first-order chi connectivity index (χ1) is 17.9. The summed E-state index contributed by atoms with van der Waals surface area (Å²) in [6, 6.07) is 6.29. The minimum absolute atomic E-state index is 0.00762. The van der Waals surface area contributed by atoms with Gasteiger partial charge in [0.15, 0.2) is 15.3 Å². The number of hydrogen-bond donors (Lipinski definition) is 2. The molecule has 1 aliphatic carbocycles. The van der Waals surface area contributed by atoms with Gasteiger partial charge in [-0.1, -0.05) is 40.8 Å². The zero-order valence-electron chi connectivity index (χ0n) is 18.9. The summed E-state index contributed by atoms with van der Waals surface area (Å²) in [5, 5.41) is 23.9. The van der Waals surface area contributed by atoms with Crippen LogP contribution in [0, 0.1) is 17.1 Å². The number of allylic oxidation sites excluding steroid dienone is 3. The highest BCUT2D eigenvalue weighted by molar-refractivity contribution is 8.01. The number of carbonyl (C=O) groups is 2. The molecule has 0 saturated carbocycles. The van der Waals surface area contributed by atoms with Crippen LogP contribution in [0.4, 0.5) is 14.7 Å². The number of anilines is 2. The van der Waals surface area contributed by atoms with Crippen LogP contribution in [-0.4, -0.2) is 32.6 Å². The molecular weight excluding hydrogens is 557 g/mol. The van der Waals surface area contributed by atoms with Crippen molar-refractivity contribution < 1.29 is 14.0 Å². The first kappa shape index (κ1) is 25.3. The van der Waals surface area contributed by atoms with Crippen molar-refractivity contribution in [3.8, 4) is 6.07 Å². The largest absolute Gasteiger partial charge is 0.384 e. The van der Waals surface area contributed by atoms with Crippen LogP contribution < -0.4 is 16.0 Å². The predicted molar refractivity (Wildman–Crippen MR) is 141 cm³/mol. The summed E-state index contributed by atoms with van der Waals surface area (Å²) in [6.07, 6.45) is 2.90. The Balaban J connectivity index is 1.49. The van der Waals surface area contributed by atoms with E-state index in [1.165, 1.54) is 52.6 Å². The van der Waals surface area contributed by atoms with Gasteiger partial charge in [-0.3, -0.25) is 14.5 Å². The number of nitrogens with two attached hydrogens (primary N) is 1. The molecule has 0 saturated heterocycles. The molecule has 188 valence electrons. The maximum Gasteiger partial charge on any atom is 0.236 e. The molecule has 5 rings (SSSR count). The zero-order valence-corrected chi connectivity index (χ0v) is 22.1. The molecule has 0 spiro atoms. The summed E-state index contributed by atoms with van der Waals surface area (Å²) in [6.45, 7) is 0. The van der Waals surface area contributed by atoms with E-state index in [9.17, 15) is 19.2 Å². The Kier molecular flexibility index (Phi) is 7.25. The molecule has 1 amide bonds. The van der Waals surface area contributed by atoms with Gasteiger partial charge >= 0.3 is 0 Å². The molecule has 14 heteroatoms. The van der Waals surface area contributed by atoms with Crippen molar-refractivity contribution >= 4 is 68.0 Å². The number of ketones is 1. The third kappa shape index (κ3) is 4.85. The van der Waals surface area contributed by atoms with E-state index in [0.717, 1.165) is 0 Å². The summed E-state index contributed by atoms with van der Waals surface area (Å²) < 4.78 is 15.5. The van der Waals surface area contributed by atoms with Crippen molar-refractivity contribution in [1.29, 1.82) is 5.26 Å². The number of nitriles is 1. The Labute approximate surface area is 227 Å². The topological polar surface area (TPSA) is 138 Å². The summed E-state index contributed by atoms with van der Waals surface area (Å²) in [4.78, 5) is 31.0. The van der Waals surface area contributed by atoms with E-state index in [0.29, 0.717) is 33.1 Å². The molecule has 37 heavy (non-hydrogen) atoms. The number of nitrogens with zero attached hydrogens (tertiary/aromatic N) is 5. The third-order valence-corrected chi connectivity index (χ3v) is 8.85. The number of rotatable bonds is 6. The first-order valence-electron chi connectivity index (χ1n) is 10.9. The Morgan fingerprint density at radius 1 is 1.38 bits per heavy atom. The SMILES string of the molecule is N#CC1=C(N)N(c2nnc(SCC(=O)Nc3nccs3)s2)C2=C(C(=O)CCC2)C1c1c(F)cccc1Cl. The van der Waals surface area contributed by atoms with E-state index in [4.69, 9.17) is 17.3 Å². The van der Waals surface area contributed by atoms with Gasteiger partial charge in [0.2, 0.25) is 11.0 Å². The van der Waals surface area contributed by atoms with E-state index < -0.39 is 11.7 Å². The van der Waals surface area contributed by atoms with Gasteiger partial charge in [-0.25, -0.2) is 9.37 Å². The van der Waals surface area contributed by atoms with Crippen molar-refractivity contribution in [2.24, 2.45) is 5.73 Å². The molecule has 1 unspecified atom stereocenters. The monoisotopic (exact) mass is 573 g/mol. The fourth-order valence-corrected chi connectivity index (χ4v) is 6.80. The molecule has 0 bridgehead atoms. The molecular formula is C23H17ClFN7O2S3. The number of Topliss-reactive ketones (excluding diaryl/α,β-unsaturated/α-hetero) is 1. The quantitative estimate of drug-likeness (QED) is 0.397. The Hall–Kier alpha value is -3.31. The Bertz CT molecular complexity index is 1480. The van der Waals surface area contributed by atoms with Crippen molar-refractivity contribution in [2.75, 3.05) is 16.0 Å². The predicted octanol–water partition coefficient (Wildman–Crippen LogP) is 4.82. The molecule has 2 aromatic heterocycles. The third-order valence-electron chi connectivity index (χ3n) is 5.79. The number of thiazole rings is 1. The van der Waals surface area contributed by atoms with Crippen LogP contribution in [0.25, 0.3) is 0 Å². The molecule has 1 atom stereocenters. The second-order valence-electron chi connectivity index (χ2n) is 7.98. The molecule has 3 aromatic rings. The molecule has 1 aliphatic heterocycles. The molecule has 9 nitrogen and oxygen atoms in total. The fourth-order valence-electron chi connectivity index (χ4n) is 4.30. The van der Waals surface area contributed by atoms with Crippen LogP contribution in [0.1, 0.15) is 30.7 Å². The van der Waals surface area contributed by atoms with E-state index in [2.05, 4.69) is 26.6 Å². The van der Waals surface area contributed by atoms with E-state index in [1.807, 2.05) is 0 Å². The molecule has 1 aromatic carbocycles. The minimum atomic E-state index is -1.02. The second kappa shape index (κ2) is 10.6. The summed E-state index contributed by atoms with van der Waals surface area (Å²) >= 11 is 10.0. The lowest BCUT2D eigenvalue weighted by molar-refractivity contribution is -0.116. The smallest absolute Gasteiger partial charge is 0.236 e. The van der Waals surface area contributed by atoms with Crippen molar-refractivity contribution in [3.05, 3.63) is 68.8 Å². The number of halogens is 2. The van der Waals surface area contributed by atoms with Crippen molar-refractivity contribution in [1.82, 2.24) is 15.2 Å². The molecule has 3 N–H and O–H groups in total. The number of amides is 1. The summed E-state index contributed by atoms with van der Waals surface area (Å²) in [7, 11) is 0. The highest BCUT2D eigenvalue weighted by Crippen LogP contribution is 2.48. The molecule has 0 fully saturated rings. The van der Waals surface area contributed by atoms with E-state index in [-0.39, 0.29) is 51.4 Å². The lowest BCUT2D eigenvalue weighted by Crippen LogP contribution is -2.39. The molecule has 2 aliphatic rings. The van der Waals surface area contributed by atoms with Crippen LogP contribution in [0.15, 0.2) is 56.8 Å². The number of nitrogens with one attached hydrogen (secondary N) is 1. The summed E-state index contributed by atoms with van der Waals surface area (Å²) in [5.74, 6) is -1.96. The number of hydrogen-bond acceptors (Lipinski definition) is 11. The number of benzene rings is 1. The van der Waals surface area contributed by atoms with Gasteiger partial charge in [0.05, 0.1) is 23.3 Å². The van der Waals surface area contributed by atoms with Gasteiger partial charge in [-0.05, 0) is 25.0 Å². The van der Waals surface area contributed by atoms with Crippen molar-refractivity contribution in [2.45, 2.75) is 29.5 Å². The highest BCUT2D eigenvalue weighted by Gasteiger charge is 2.42. The Morgan fingerprint density at radius 2 is 2.22 bits per heavy atom. The fraction of sp³-hybridized carbons (Fsp3) is 0.217. The maximum atomic E-state index is 15.0. The first-order valence-corrected chi connectivity index (χ1v) is 14.0. The average Bonchev–Trinajstić information content (AvgIpc) is 3.55. The standard InChI is InChI=1S/C23H17ClFN7O2S3/c24-12-3-1-4-13(25)18(12)17-11(9-26)20(27)32(14-5-2-6-15(33)19(14)17)22-30-31-23(37-22)36-10-16(34)29-21-28-7-8-35-21/h1,3-4,7-8,17H,2,5-6,10,27H2,(H,28,29,34). The molecule has 0 radical (unpaired) electrons. The highest BCUT2D eigenvalue weighted by atomic mass is 35.5. The van der Waals surface area contributed by atoms with Gasteiger partial charge in [0.1, 0.15) is 11.6 Å². The van der Waals surface area contributed by atoms with Crippen LogP contribution in [0.2, 0.25) is 5.02 Å². The van der Waals surface area contributed by atoms with Gasteiger partial charge in [0, 0.05) is 39.9 Å². The van der Waals surface area contributed by atoms with E-state index >= 15 is 0 Å². The number of aromatic nitrogens is 3. The van der Waals surface area contributed by atoms with Crippen LogP contribution in [0.3, 0.4) is 0 Å². The molecule has 3 heterocycles. The van der Waals surface area contributed by atoms with Gasteiger partial charge in [-0.15, -0.1) is 21.5 Å². The average molecular weight is 574 g/mol. The zero-order chi connectivity index (χ0) is 26.1. The minimum Gasteiger partial charge on any atom is -0.384 e. The van der Waals surface area contributed by atoms with Crippen molar-refractivity contribution in [3.63, 3.8) is 0 Å². The lowest BCUT2D eigenvalue weighted by Gasteiger charge is -2.38.